The summed E-state index contributed by atoms with van der Waals surface area (Å²) in [4.78, 5) is 26.5. The summed E-state index contributed by atoms with van der Waals surface area (Å²) in [6.07, 6.45) is 6.46. The first-order valence-corrected chi connectivity index (χ1v) is 9.97. The predicted molar refractivity (Wildman–Crippen MR) is 102 cm³/mol. The van der Waals surface area contributed by atoms with Crippen LogP contribution in [0.1, 0.15) is 65.6 Å². The molecule has 0 fully saturated rings. The van der Waals surface area contributed by atoms with Crippen molar-refractivity contribution in [3.63, 3.8) is 0 Å². The number of hydrogen-bond acceptors (Lipinski definition) is 5. The lowest BCUT2D eigenvalue weighted by Crippen LogP contribution is -2.25. The van der Waals surface area contributed by atoms with Crippen molar-refractivity contribution in [2.24, 2.45) is 0 Å². The minimum absolute atomic E-state index is 0.181. The van der Waals surface area contributed by atoms with E-state index in [-0.39, 0.29) is 11.9 Å². The van der Waals surface area contributed by atoms with Crippen molar-refractivity contribution in [3.8, 4) is 0 Å². The Balaban J connectivity index is 1.86. The van der Waals surface area contributed by atoms with E-state index in [0.29, 0.717) is 17.2 Å². The molecule has 0 aromatic carbocycles. The number of nitrogens with zero attached hydrogens (tertiary/aromatic N) is 2. The summed E-state index contributed by atoms with van der Waals surface area (Å²) in [5.74, 6) is -0.510. The normalized spacial score (nSPS) is 14.6. The van der Waals surface area contributed by atoms with Crippen LogP contribution < -0.4 is 5.32 Å². The van der Waals surface area contributed by atoms with Crippen LogP contribution in [-0.2, 0) is 22.4 Å². The molecule has 140 valence electrons. The fourth-order valence-electron chi connectivity index (χ4n) is 3.25. The number of anilines is 1. The van der Waals surface area contributed by atoms with E-state index in [1.54, 1.807) is 17.8 Å². The number of amides is 1. The Kier molecular flexibility index (Phi) is 5.76. The van der Waals surface area contributed by atoms with Gasteiger partial charge in [-0.05, 0) is 57.6 Å². The molecule has 0 aliphatic heterocycles. The zero-order valence-corrected chi connectivity index (χ0v) is 16.3. The Morgan fingerprint density at radius 3 is 2.85 bits per heavy atom. The molecule has 2 aromatic heterocycles. The maximum absolute atomic E-state index is 12.7. The lowest BCUT2D eigenvalue weighted by molar-refractivity contribution is -0.119. The number of aryl methyl sites for hydroxylation is 2. The van der Waals surface area contributed by atoms with Crippen LogP contribution in [0.15, 0.2) is 12.3 Å². The van der Waals surface area contributed by atoms with Crippen LogP contribution in [-0.4, -0.2) is 28.3 Å². The number of thiophene rings is 1. The monoisotopic (exact) mass is 375 g/mol. The maximum atomic E-state index is 12.7. The zero-order chi connectivity index (χ0) is 18.7. The quantitative estimate of drug-likeness (QED) is 0.777. The minimum Gasteiger partial charge on any atom is -0.462 e. The number of fused-ring (bicyclic) bond motifs is 1. The molecule has 26 heavy (non-hydrogen) atoms. The summed E-state index contributed by atoms with van der Waals surface area (Å²) >= 11 is 1.51. The first-order chi connectivity index (χ1) is 12.5. The number of esters is 1. The molecule has 1 N–H and O–H groups in total. The van der Waals surface area contributed by atoms with Crippen molar-refractivity contribution < 1.29 is 14.3 Å². The third-order valence-electron chi connectivity index (χ3n) is 4.66. The van der Waals surface area contributed by atoms with Crippen molar-refractivity contribution in [2.45, 2.75) is 58.9 Å². The molecule has 1 aliphatic carbocycles. The molecule has 1 aliphatic rings. The molecule has 0 saturated heterocycles. The number of hydrogen-bond donors (Lipinski definition) is 1. The highest BCUT2D eigenvalue weighted by Crippen LogP contribution is 2.39. The average Bonchev–Trinajstić information content (AvgIpc) is 3.21. The van der Waals surface area contributed by atoms with Crippen LogP contribution in [0.5, 0.6) is 0 Å². The van der Waals surface area contributed by atoms with E-state index in [9.17, 15) is 9.59 Å². The SMILES string of the molecule is CCCOC(=O)c1c(NC(=O)C(C)n2nccc2C)sc2c1CCCC2. The van der Waals surface area contributed by atoms with Gasteiger partial charge in [-0.3, -0.25) is 9.48 Å². The minimum atomic E-state index is -0.455. The summed E-state index contributed by atoms with van der Waals surface area (Å²) in [7, 11) is 0. The number of aromatic nitrogens is 2. The molecule has 1 unspecified atom stereocenters. The number of carbonyl (C=O) groups is 2. The Morgan fingerprint density at radius 2 is 2.15 bits per heavy atom. The van der Waals surface area contributed by atoms with Crippen LogP contribution in [0.2, 0.25) is 0 Å². The van der Waals surface area contributed by atoms with Gasteiger partial charge in [-0.2, -0.15) is 5.10 Å². The Bertz CT molecular complexity index is 809. The van der Waals surface area contributed by atoms with Gasteiger partial charge in [-0.15, -0.1) is 11.3 Å². The van der Waals surface area contributed by atoms with E-state index in [1.165, 1.54) is 16.2 Å². The molecular weight excluding hydrogens is 350 g/mol. The van der Waals surface area contributed by atoms with Crippen molar-refractivity contribution in [3.05, 3.63) is 34.0 Å². The van der Waals surface area contributed by atoms with Crippen LogP contribution >= 0.6 is 11.3 Å². The van der Waals surface area contributed by atoms with Gasteiger partial charge in [0.2, 0.25) is 5.91 Å². The Labute approximate surface area is 157 Å². The van der Waals surface area contributed by atoms with E-state index in [0.717, 1.165) is 43.4 Å². The highest BCUT2D eigenvalue weighted by atomic mass is 32.1. The smallest absolute Gasteiger partial charge is 0.341 e. The largest absolute Gasteiger partial charge is 0.462 e. The summed E-state index contributed by atoms with van der Waals surface area (Å²) in [6, 6.07) is 1.41. The maximum Gasteiger partial charge on any atom is 0.341 e. The summed E-state index contributed by atoms with van der Waals surface area (Å²) in [5, 5.41) is 7.78. The lowest BCUT2D eigenvalue weighted by atomic mass is 9.95. The Morgan fingerprint density at radius 1 is 1.38 bits per heavy atom. The number of rotatable bonds is 6. The molecule has 2 aromatic rings. The van der Waals surface area contributed by atoms with Gasteiger partial charge in [-0.25, -0.2) is 4.79 Å². The molecule has 1 amide bonds. The van der Waals surface area contributed by atoms with E-state index < -0.39 is 6.04 Å². The second-order valence-corrected chi connectivity index (χ2v) is 7.74. The van der Waals surface area contributed by atoms with E-state index in [2.05, 4.69) is 10.4 Å². The summed E-state index contributed by atoms with van der Waals surface area (Å²) < 4.78 is 7.05. The molecule has 1 atom stereocenters. The fourth-order valence-corrected chi connectivity index (χ4v) is 4.53. The molecule has 0 bridgehead atoms. The van der Waals surface area contributed by atoms with Crippen molar-refractivity contribution in [1.82, 2.24) is 9.78 Å². The molecule has 6 nitrogen and oxygen atoms in total. The Hall–Kier alpha value is -2.15. The number of carbonyl (C=O) groups excluding carboxylic acids is 2. The molecule has 0 saturated carbocycles. The van der Waals surface area contributed by atoms with Crippen molar-refractivity contribution >= 4 is 28.2 Å². The first kappa shape index (κ1) is 18.6. The average molecular weight is 375 g/mol. The van der Waals surface area contributed by atoms with Crippen LogP contribution in [0.4, 0.5) is 5.00 Å². The molecular formula is C19H25N3O3S. The van der Waals surface area contributed by atoms with Crippen LogP contribution in [0.3, 0.4) is 0 Å². The highest BCUT2D eigenvalue weighted by molar-refractivity contribution is 7.17. The third kappa shape index (κ3) is 3.67. The van der Waals surface area contributed by atoms with Crippen LogP contribution in [0.25, 0.3) is 0 Å². The second kappa shape index (κ2) is 8.03. The van der Waals surface area contributed by atoms with E-state index in [1.807, 2.05) is 19.9 Å². The zero-order valence-electron chi connectivity index (χ0n) is 15.5. The van der Waals surface area contributed by atoms with Gasteiger partial charge in [0.25, 0.3) is 0 Å². The van der Waals surface area contributed by atoms with Gasteiger partial charge >= 0.3 is 5.97 Å². The number of ether oxygens (including phenoxy) is 1. The molecule has 7 heteroatoms. The topological polar surface area (TPSA) is 73.2 Å². The van der Waals surface area contributed by atoms with Gasteiger partial charge in [-0.1, -0.05) is 6.92 Å². The van der Waals surface area contributed by atoms with Gasteiger partial charge in [0.1, 0.15) is 11.0 Å². The molecule has 0 radical (unpaired) electrons. The van der Waals surface area contributed by atoms with Gasteiger partial charge in [0, 0.05) is 16.8 Å². The summed E-state index contributed by atoms with van der Waals surface area (Å²) in [6.45, 7) is 6.07. The second-order valence-electron chi connectivity index (χ2n) is 6.63. The fraction of sp³-hybridized carbons (Fsp3) is 0.526. The third-order valence-corrected chi connectivity index (χ3v) is 5.87. The van der Waals surface area contributed by atoms with Crippen molar-refractivity contribution in [2.75, 3.05) is 11.9 Å². The predicted octanol–water partition coefficient (Wildman–Crippen LogP) is 3.90. The van der Waals surface area contributed by atoms with Crippen molar-refractivity contribution in [1.29, 1.82) is 0 Å². The molecule has 3 rings (SSSR count). The van der Waals surface area contributed by atoms with Gasteiger partial charge in [0.05, 0.1) is 12.2 Å². The summed E-state index contributed by atoms with van der Waals surface area (Å²) in [5.41, 5.74) is 2.53. The highest BCUT2D eigenvalue weighted by Gasteiger charge is 2.28. The molecule has 2 heterocycles. The first-order valence-electron chi connectivity index (χ1n) is 9.15. The van der Waals surface area contributed by atoms with Crippen LogP contribution in [0, 0.1) is 6.92 Å². The van der Waals surface area contributed by atoms with Gasteiger partial charge in [0.15, 0.2) is 0 Å². The van der Waals surface area contributed by atoms with E-state index >= 15 is 0 Å². The molecule has 0 spiro atoms. The van der Waals surface area contributed by atoms with E-state index in [4.69, 9.17) is 4.74 Å². The lowest BCUT2D eigenvalue weighted by Gasteiger charge is -2.15. The standard InChI is InChI=1S/C19H25N3O3S/c1-4-11-25-19(24)16-14-7-5-6-8-15(14)26-18(16)21-17(23)13(3)22-12(2)9-10-20-22/h9-10,13H,4-8,11H2,1-3H3,(H,21,23). The number of nitrogens with one attached hydrogen (secondary N) is 1. The van der Waals surface area contributed by atoms with Gasteiger partial charge < -0.3 is 10.1 Å².